The van der Waals surface area contributed by atoms with Crippen molar-refractivity contribution in [1.29, 1.82) is 0 Å². The first kappa shape index (κ1) is 18.0. The molecule has 0 fully saturated rings. The molecule has 0 spiro atoms. The van der Waals surface area contributed by atoms with Gasteiger partial charge in [-0.2, -0.15) is 0 Å². The van der Waals surface area contributed by atoms with Gasteiger partial charge in [0.05, 0.1) is 11.9 Å². The molecule has 0 aromatic heterocycles. The molecule has 0 aromatic rings. The first-order valence-electron chi connectivity index (χ1n) is 1.69. The van der Waals surface area contributed by atoms with Crippen molar-refractivity contribution in [3.05, 3.63) is 0 Å². The van der Waals surface area contributed by atoms with Gasteiger partial charge in [-0.05, 0) is 0 Å². The number of carbonyl (C=O) groups is 2. The molecule has 0 unspecified atom stereocenters. The Kier molecular flexibility index (Phi) is 10.9. The fraction of sp³-hybridized carbons (Fsp3) is 0.333. The second kappa shape index (κ2) is 6.65. The molecular weight excluding hydrogens is 200 g/mol. The third-order valence-electron chi connectivity index (χ3n) is 0.513. The quantitative estimate of drug-likeness (QED) is 0.252. The van der Waals surface area contributed by atoms with Crippen molar-refractivity contribution in [1.82, 2.24) is 0 Å². The third-order valence-corrected chi connectivity index (χ3v) is 0.821. The molecule has 52 valence electrons. The number of halogens is 2. The summed E-state index contributed by atoms with van der Waals surface area (Å²) in [6.07, 6.45) is 0. The van der Waals surface area contributed by atoms with Crippen LogP contribution in [0.5, 0.6) is 0 Å². The Bertz CT molecular complexity index is 145. The van der Waals surface area contributed by atoms with Crippen LogP contribution in [-0.2, 0) is 9.59 Å². The van der Waals surface area contributed by atoms with Crippen molar-refractivity contribution < 1.29 is 83.3 Å². The van der Waals surface area contributed by atoms with Crippen LogP contribution in [-0.4, -0.2) is 17.1 Å². The summed E-state index contributed by atoms with van der Waals surface area (Å²) >= 11 is 4.22. The predicted octanol–water partition coefficient (Wildman–Crippen LogP) is -8.60. The van der Waals surface area contributed by atoms with Gasteiger partial charge in [-0.3, -0.25) is 0 Å². The molecule has 8 heteroatoms. The Labute approximate surface area is 111 Å². The van der Waals surface area contributed by atoms with Crippen LogP contribution in [0.15, 0.2) is 0 Å². The second-order valence-electron chi connectivity index (χ2n) is 1.15. The van der Waals surface area contributed by atoms with Crippen LogP contribution in [0.25, 0.3) is 0 Å². The third kappa shape index (κ3) is 5.41. The van der Waals surface area contributed by atoms with Gasteiger partial charge in [-0.25, -0.2) is 4.39 Å². The minimum absolute atomic E-state index is 0. The van der Waals surface area contributed by atoms with Crippen molar-refractivity contribution in [3.8, 4) is 0 Å². The summed E-state index contributed by atoms with van der Waals surface area (Å²) in [4.78, 5) is 18.8. The number of aliphatic carboxylic acids is 2. The Balaban J connectivity index is -0.000000320. The predicted molar refractivity (Wildman–Crippen MR) is 19.7 cm³/mol. The van der Waals surface area contributed by atoms with E-state index < -0.39 is 17.1 Å². The Morgan fingerprint density at radius 1 is 1.18 bits per heavy atom. The summed E-state index contributed by atoms with van der Waals surface area (Å²) in [5.74, 6) is -5.08. The molecule has 0 aliphatic carbocycles. The summed E-state index contributed by atoms with van der Waals surface area (Å²) in [7, 11) is 0. The summed E-state index contributed by atoms with van der Waals surface area (Å²) < 4.78 is 11.8. The zero-order valence-electron chi connectivity index (χ0n) is 5.89. The molecule has 0 saturated heterocycles. The number of hydrogen-bond donors (Lipinski definition) is 0. The zero-order chi connectivity index (χ0) is 7.65. The van der Waals surface area contributed by atoms with Crippen molar-refractivity contribution in [2.75, 3.05) is 0 Å². The van der Waals surface area contributed by atoms with Crippen LogP contribution in [0.3, 0.4) is 0 Å². The van der Waals surface area contributed by atoms with E-state index in [-0.39, 0.29) is 59.1 Å². The molecule has 0 rings (SSSR count). The average Bonchev–Trinajstić information content (AvgIpc) is 1.65. The number of hydrogen-bond acceptors (Lipinski definition) is 4. The van der Waals surface area contributed by atoms with E-state index in [2.05, 4.69) is 11.6 Å². The Morgan fingerprint density at radius 3 is 1.36 bits per heavy atom. The smallest absolute Gasteiger partial charge is 0.545 e. The fourth-order valence-electron chi connectivity index (χ4n) is 0.0833. The Morgan fingerprint density at radius 2 is 1.36 bits per heavy atom. The maximum absolute atomic E-state index is 11.8. The molecule has 11 heavy (non-hydrogen) atoms. The monoisotopic (exact) mass is 200 g/mol. The molecule has 0 radical (unpaired) electrons. The average molecular weight is 200 g/mol. The number of alkyl halides is 2. The maximum Gasteiger partial charge on any atom is 1.00 e. The number of carboxylic acid groups (broad SMARTS) is 2. The maximum atomic E-state index is 11.8. The number of rotatable bonds is 2. The minimum Gasteiger partial charge on any atom is -0.545 e. The van der Waals surface area contributed by atoms with Gasteiger partial charge in [0.2, 0.25) is 0 Å². The Hall–Kier alpha value is 1.16. The fourth-order valence-corrected chi connectivity index (χ4v) is 0.0833. The summed E-state index contributed by atoms with van der Waals surface area (Å²) in [6, 6.07) is 0. The SMILES string of the molecule is O=C([O-])C(F)(Cl)C(=O)[O-].[Na+].[Na+]. The van der Waals surface area contributed by atoms with Crippen molar-refractivity contribution in [2.24, 2.45) is 0 Å². The van der Waals surface area contributed by atoms with Crippen LogP contribution >= 0.6 is 11.6 Å². The van der Waals surface area contributed by atoms with Crippen LogP contribution in [0, 0.1) is 0 Å². The van der Waals surface area contributed by atoms with E-state index in [0.29, 0.717) is 0 Å². The molecule has 0 bridgehead atoms. The normalized spacial score (nSPS) is 8.91. The number of carboxylic acids is 2. The largest absolute Gasteiger partial charge is 1.00 e. The van der Waals surface area contributed by atoms with Gasteiger partial charge < -0.3 is 19.8 Å². The molecule has 0 aliphatic heterocycles. The molecule has 4 nitrogen and oxygen atoms in total. The van der Waals surface area contributed by atoms with E-state index in [1.165, 1.54) is 0 Å². The molecule has 0 aliphatic rings. The van der Waals surface area contributed by atoms with Gasteiger partial charge in [-0.15, -0.1) is 0 Å². The van der Waals surface area contributed by atoms with Crippen LogP contribution in [0.2, 0.25) is 0 Å². The van der Waals surface area contributed by atoms with Crippen molar-refractivity contribution in [3.63, 3.8) is 0 Å². The molecule has 0 N–H and O–H groups in total. The van der Waals surface area contributed by atoms with Crippen LogP contribution in [0.1, 0.15) is 0 Å². The molecule has 0 saturated carbocycles. The van der Waals surface area contributed by atoms with Crippen molar-refractivity contribution >= 4 is 23.5 Å². The van der Waals surface area contributed by atoms with Gasteiger partial charge in [-0.1, -0.05) is 11.6 Å². The second-order valence-corrected chi connectivity index (χ2v) is 1.67. The first-order chi connectivity index (χ1) is 3.89. The molecule has 0 atom stereocenters. The van der Waals surface area contributed by atoms with E-state index in [1.807, 2.05) is 0 Å². The minimum atomic E-state index is -3.92. The van der Waals surface area contributed by atoms with Gasteiger partial charge in [0.15, 0.2) is 0 Å². The van der Waals surface area contributed by atoms with E-state index in [4.69, 9.17) is 0 Å². The summed E-state index contributed by atoms with van der Waals surface area (Å²) in [5.41, 5.74) is 0. The topological polar surface area (TPSA) is 80.3 Å². The molecule has 0 heterocycles. The van der Waals surface area contributed by atoms with Gasteiger partial charge in [0, 0.05) is 0 Å². The van der Waals surface area contributed by atoms with E-state index >= 15 is 0 Å². The van der Waals surface area contributed by atoms with Gasteiger partial charge >= 0.3 is 59.1 Å². The molecule has 0 amide bonds. The van der Waals surface area contributed by atoms with E-state index in [9.17, 15) is 24.2 Å². The van der Waals surface area contributed by atoms with Gasteiger partial charge in [0.25, 0.3) is 5.13 Å². The zero-order valence-corrected chi connectivity index (χ0v) is 10.6. The van der Waals surface area contributed by atoms with E-state index in [0.717, 1.165) is 0 Å². The van der Waals surface area contributed by atoms with Crippen LogP contribution in [0.4, 0.5) is 4.39 Å². The standard InChI is InChI=1S/C3H2ClFO4.2Na/c4-3(5,1(6)7)2(8)9;;/h(H,6,7)(H,8,9);;/q;2*+1/p-2. The van der Waals surface area contributed by atoms with Crippen LogP contribution < -0.4 is 69.3 Å². The molecule has 0 aromatic carbocycles. The number of carbonyl (C=O) groups excluding carboxylic acids is 2. The van der Waals surface area contributed by atoms with Gasteiger partial charge in [0.1, 0.15) is 0 Å². The first-order valence-corrected chi connectivity index (χ1v) is 2.07. The summed E-state index contributed by atoms with van der Waals surface area (Å²) in [6.45, 7) is 0. The van der Waals surface area contributed by atoms with E-state index in [1.54, 1.807) is 0 Å². The summed E-state index contributed by atoms with van der Waals surface area (Å²) in [5, 5.41) is 14.9. The molecular formula is C3ClFNa2O4. The van der Waals surface area contributed by atoms with Crippen molar-refractivity contribution in [2.45, 2.75) is 5.13 Å².